The second-order valence-electron chi connectivity index (χ2n) is 4.19. The molecule has 0 radical (unpaired) electrons. The number of methoxy groups -OCH3 is 1. The van der Waals surface area contributed by atoms with Gasteiger partial charge in [-0.3, -0.25) is 0 Å². The van der Waals surface area contributed by atoms with Gasteiger partial charge in [0.2, 0.25) is 0 Å². The van der Waals surface area contributed by atoms with E-state index in [9.17, 15) is 20.1 Å². The van der Waals surface area contributed by atoms with Gasteiger partial charge in [0.1, 0.15) is 24.4 Å². The van der Waals surface area contributed by atoms with Gasteiger partial charge in [0, 0.05) is 7.11 Å². The average Bonchev–Trinajstić information content (AvgIpc) is 2.33. The predicted molar refractivity (Wildman–Crippen MR) is 57.6 cm³/mol. The van der Waals surface area contributed by atoms with Gasteiger partial charge in [-0.05, 0) is 6.42 Å². The molecule has 1 aliphatic heterocycles. The van der Waals surface area contributed by atoms with Gasteiger partial charge in [-0.15, -0.1) is 0 Å². The smallest absolute Gasteiger partial charge is 0.548 e. The Hall–Kier alpha value is 0.270. The molecule has 1 aliphatic rings. The van der Waals surface area contributed by atoms with Gasteiger partial charge in [-0.2, -0.15) is 0 Å². The molecule has 8 heteroatoms. The van der Waals surface area contributed by atoms with Crippen LogP contribution >= 0.6 is 0 Å². The molecule has 0 aromatic rings. The summed E-state index contributed by atoms with van der Waals surface area (Å²) in [6.07, 6.45) is -3.51. The van der Waals surface area contributed by atoms with E-state index in [2.05, 4.69) is 0 Å². The van der Waals surface area contributed by atoms with E-state index in [-0.39, 0.29) is 36.2 Å². The number of hydrogen-bond acceptors (Lipinski definition) is 7. The van der Waals surface area contributed by atoms with Crippen molar-refractivity contribution in [2.45, 2.75) is 43.9 Å². The Morgan fingerprint density at radius 3 is 2.42 bits per heavy atom. The molecule has 0 spiro atoms. The normalized spacial score (nSPS) is 34.6. The van der Waals surface area contributed by atoms with E-state index in [1.165, 1.54) is 7.11 Å². The molecule has 2 unspecified atom stereocenters. The van der Waals surface area contributed by atoms with E-state index in [0.717, 1.165) is 0 Å². The van der Waals surface area contributed by atoms with E-state index in [0.29, 0.717) is 6.42 Å². The summed E-state index contributed by atoms with van der Waals surface area (Å²) < 4.78 is 15.5. The Kier molecular flexibility index (Phi) is 9.38. The molecule has 2 N–H and O–H groups in total. The largest absolute Gasteiger partial charge is 1.00 e. The standard InChI is InChI=1S/C11H20O7.Na/c1-3-6-9(14)10(15)11(16-2)7(18-6)4-17-5-8(12)13;/h6-7,9-11,14-15H,3-5H2,1-2H3,(H,12,13);/q;+1/p-1/t6-,7?,9?,10-,11+;/m0./s1. The van der Waals surface area contributed by atoms with Crippen molar-refractivity contribution in [2.24, 2.45) is 0 Å². The van der Waals surface area contributed by atoms with Crippen LogP contribution in [0.25, 0.3) is 0 Å². The number of carbonyl (C=O) groups excluding carboxylic acids is 1. The SMILES string of the molecule is CC[C@@H]1OC(COCC(=O)[O-])[C@@H](OC)[C@@H](O)C1O.[Na+]. The molecule has 0 bridgehead atoms. The second kappa shape index (κ2) is 9.25. The number of carboxylic acid groups (broad SMARTS) is 1. The van der Waals surface area contributed by atoms with Crippen molar-refractivity contribution >= 4 is 5.97 Å². The molecule has 1 rings (SSSR count). The number of carbonyl (C=O) groups is 1. The van der Waals surface area contributed by atoms with E-state index in [1.54, 1.807) is 0 Å². The van der Waals surface area contributed by atoms with Crippen molar-refractivity contribution in [1.29, 1.82) is 0 Å². The van der Waals surface area contributed by atoms with Crippen molar-refractivity contribution in [3.63, 3.8) is 0 Å². The third kappa shape index (κ3) is 5.28. The van der Waals surface area contributed by atoms with Crippen molar-refractivity contribution in [2.75, 3.05) is 20.3 Å². The first kappa shape index (κ1) is 19.3. The maximum atomic E-state index is 10.2. The maximum Gasteiger partial charge on any atom is 1.00 e. The van der Waals surface area contributed by atoms with Crippen LogP contribution in [0.5, 0.6) is 0 Å². The first-order valence-corrected chi connectivity index (χ1v) is 5.83. The predicted octanol–water partition coefficient (Wildman–Crippen LogP) is -5.33. The van der Waals surface area contributed by atoms with Crippen LogP contribution in [0.15, 0.2) is 0 Å². The summed E-state index contributed by atoms with van der Waals surface area (Å²) in [5.74, 6) is -1.33. The Balaban J connectivity index is 0.00000324. The van der Waals surface area contributed by atoms with Crippen molar-refractivity contribution in [3.05, 3.63) is 0 Å². The summed E-state index contributed by atoms with van der Waals surface area (Å²) in [5.41, 5.74) is 0. The summed E-state index contributed by atoms with van der Waals surface area (Å²) in [4.78, 5) is 10.2. The first-order chi connectivity index (χ1) is 8.51. The minimum absolute atomic E-state index is 0. The van der Waals surface area contributed by atoms with E-state index < -0.39 is 43.1 Å². The molecule has 106 valence electrons. The molecule has 0 aliphatic carbocycles. The molecule has 0 amide bonds. The van der Waals surface area contributed by atoms with Gasteiger partial charge in [-0.1, -0.05) is 6.92 Å². The summed E-state index contributed by atoms with van der Waals surface area (Å²) in [6.45, 7) is 1.21. The van der Waals surface area contributed by atoms with E-state index in [4.69, 9.17) is 14.2 Å². The van der Waals surface area contributed by atoms with Crippen LogP contribution in [-0.2, 0) is 19.0 Å². The van der Waals surface area contributed by atoms with Crippen LogP contribution in [0.4, 0.5) is 0 Å². The first-order valence-electron chi connectivity index (χ1n) is 5.83. The quantitative estimate of drug-likeness (QED) is 0.469. The van der Waals surface area contributed by atoms with Crippen LogP contribution in [0.1, 0.15) is 13.3 Å². The molecule has 0 aromatic carbocycles. The molecule has 0 saturated carbocycles. The zero-order chi connectivity index (χ0) is 13.7. The van der Waals surface area contributed by atoms with Crippen LogP contribution in [-0.4, -0.2) is 67.0 Å². The maximum absolute atomic E-state index is 10.2. The Labute approximate surface area is 134 Å². The van der Waals surface area contributed by atoms with Gasteiger partial charge in [0.05, 0.1) is 25.3 Å². The van der Waals surface area contributed by atoms with Crippen molar-refractivity contribution in [1.82, 2.24) is 0 Å². The zero-order valence-corrected chi connectivity index (χ0v) is 13.4. The number of aliphatic carboxylic acids is 1. The molecule has 19 heavy (non-hydrogen) atoms. The molecule has 1 saturated heterocycles. The summed E-state index contributed by atoms with van der Waals surface area (Å²) >= 11 is 0. The van der Waals surface area contributed by atoms with Gasteiger partial charge < -0.3 is 34.3 Å². The fraction of sp³-hybridized carbons (Fsp3) is 0.909. The molecule has 7 nitrogen and oxygen atoms in total. The summed E-state index contributed by atoms with van der Waals surface area (Å²) in [7, 11) is 1.38. The van der Waals surface area contributed by atoms with Crippen LogP contribution in [0, 0.1) is 0 Å². The van der Waals surface area contributed by atoms with Gasteiger partial charge >= 0.3 is 29.6 Å². The number of aliphatic hydroxyl groups is 2. The second-order valence-corrected chi connectivity index (χ2v) is 4.19. The van der Waals surface area contributed by atoms with E-state index >= 15 is 0 Å². The minimum Gasteiger partial charge on any atom is -0.548 e. The monoisotopic (exact) mass is 286 g/mol. The molecule has 5 atom stereocenters. The number of ether oxygens (including phenoxy) is 3. The van der Waals surface area contributed by atoms with Crippen molar-refractivity contribution < 1.29 is 63.9 Å². The Bertz CT molecular complexity index is 276. The number of carboxylic acids is 1. The van der Waals surface area contributed by atoms with Crippen molar-refractivity contribution in [3.8, 4) is 0 Å². The topological polar surface area (TPSA) is 108 Å². The number of aliphatic hydroxyl groups excluding tert-OH is 2. The van der Waals surface area contributed by atoms with E-state index in [1.807, 2.05) is 6.92 Å². The third-order valence-electron chi connectivity index (χ3n) is 2.96. The fourth-order valence-electron chi connectivity index (χ4n) is 2.04. The number of hydrogen-bond donors (Lipinski definition) is 2. The third-order valence-corrected chi connectivity index (χ3v) is 2.96. The van der Waals surface area contributed by atoms with Crippen LogP contribution in [0.3, 0.4) is 0 Å². The summed E-state index contributed by atoms with van der Waals surface area (Å²) in [6, 6.07) is 0. The number of rotatable bonds is 6. The van der Waals surface area contributed by atoms with Crippen LogP contribution < -0.4 is 34.7 Å². The Morgan fingerprint density at radius 1 is 1.32 bits per heavy atom. The van der Waals surface area contributed by atoms with Gasteiger partial charge in [-0.25, -0.2) is 0 Å². The fourth-order valence-corrected chi connectivity index (χ4v) is 2.04. The molecule has 1 fully saturated rings. The average molecular weight is 286 g/mol. The Morgan fingerprint density at radius 2 is 1.95 bits per heavy atom. The molecule has 1 heterocycles. The van der Waals surface area contributed by atoms with Gasteiger partial charge in [0.15, 0.2) is 0 Å². The zero-order valence-electron chi connectivity index (χ0n) is 11.4. The minimum atomic E-state index is -1.33. The molecular formula is C11H19NaO7. The van der Waals surface area contributed by atoms with Crippen LogP contribution in [0.2, 0.25) is 0 Å². The molecule has 0 aromatic heterocycles. The molecular weight excluding hydrogens is 267 g/mol. The van der Waals surface area contributed by atoms with Gasteiger partial charge in [0.25, 0.3) is 0 Å². The summed E-state index contributed by atoms with van der Waals surface area (Å²) in [5, 5.41) is 29.9.